The van der Waals surface area contributed by atoms with Gasteiger partial charge in [0, 0.05) is 43.7 Å². The lowest BCUT2D eigenvalue weighted by Crippen LogP contribution is -2.47. The predicted octanol–water partition coefficient (Wildman–Crippen LogP) is 2.37. The fourth-order valence-corrected chi connectivity index (χ4v) is 3.84. The second-order valence-corrected chi connectivity index (χ2v) is 7.01. The first-order valence-electron chi connectivity index (χ1n) is 8.03. The summed E-state index contributed by atoms with van der Waals surface area (Å²) >= 11 is 1.56. The summed E-state index contributed by atoms with van der Waals surface area (Å²) in [5.41, 5.74) is 2.64. The van der Waals surface area contributed by atoms with E-state index in [1.54, 1.807) is 18.0 Å². The molecule has 0 radical (unpaired) electrons. The van der Waals surface area contributed by atoms with Crippen molar-refractivity contribution in [1.29, 1.82) is 0 Å². The van der Waals surface area contributed by atoms with Gasteiger partial charge in [0.1, 0.15) is 10.8 Å². The molecule has 0 saturated carbocycles. The molecule has 0 unspecified atom stereocenters. The summed E-state index contributed by atoms with van der Waals surface area (Å²) in [4.78, 5) is 21.4. The number of nitrogens with zero attached hydrogens (tertiary/aromatic N) is 4. The number of piperazine rings is 1. The van der Waals surface area contributed by atoms with E-state index in [9.17, 15) is 4.79 Å². The lowest BCUT2D eigenvalue weighted by molar-refractivity contribution is 0.0660. The number of likely N-dealkylation sites (N-methyl/N-ethyl adjacent to an activating group) is 1. The molecule has 0 spiro atoms. The Bertz CT molecular complexity index is 704. The van der Waals surface area contributed by atoms with Gasteiger partial charge in [-0.1, -0.05) is 5.16 Å². The molecular formula is C17H22N4O2S. The fraction of sp³-hybridized carbons (Fsp3) is 0.471. The SMILES string of the molecule is Cc1noc(C)c1CSc1ncccc1C(=O)N1CCN(C)CC1. The summed E-state index contributed by atoms with van der Waals surface area (Å²) in [6.07, 6.45) is 1.73. The van der Waals surface area contributed by atoms with Crippen LogP contribution < -0.4 is 0 Å². The van der Waals surface area contributed by atoms with Crippen LogP contribution in [-0.2, 0) is 5.75 Å². The van der Waals surface area contributed by atoms with Crippen LogP contribution in [0.1, 0.15) is 27.4 Å². The van der Waals surface area contributed by atoms with Crippen LogP contribution in [0, 0.1) is 13.8 Å². The number of aryl methyl sites for hydroxylation is 2. The Hall–Kier alpha value is -1.86. The van der Waals surface area contributed by atoms with Crippen LogP contribution in [0.4, 0.5) is 0 Å². The highest BCUT2D eigenvalue weighted by atomic mass is 32.2. The number of carbonyl (C=O) groups is 1. The molecule has 2 aromatic heterocycles. The number of pyridine rings is 1. The third-order valence-electron chi connectivity index (χ3n) is 4.33. The van der Waals surface area contributed by atoms with Crippen molar-refractivity contribution >= 4 is 17.7 Å². The van der Waals surface area contributed by atoms with Gasteiger partial charge < -0.3 is 14.3 Å². The van der Waals surface area contributed by atoms with Gasteiger partial charge in [-0.25, -0.2) is 4.98 Å². The lowest BCUT2D eigenvalue weighted by atomic mass is 10.2. The maximum absolute atomic E-state index is 12.8. The Morgan fingerprint density at radius 2 is 2.04 bits per heavy atom. The summed E-state index contributed by atoms with van der Waals surface area (Å²) < 4.78 is 5.20. The van der Waals surface area contributed by atoms with Crippen molar-refractivity contribution in [2.75, 3.05) is 33.2 Å². The Morgan fingerprint density at radius 1 is 1.29 bits per heavy atom. The fourth-order valence-electron chi connectivity index (χ4n) is 2.70. The Morgan fingerprint density at radius 3 is 2.71 bits per heavy atom. The number of rotatable bonds is 4. The van der Waals surface area contributed by atoms with E-state index in [1.165, 1.54) is 0 Å². The van der Waals surface area contributed by atoms with Crippen LogP contribution in [0.5, 0.6) is 0 Å². The van der Waals surface area contributed by atoms with E-state index in [1.807, 2.05) is 30.9 Å². The van der Waals surface area contributed by atoms with Crippen molar-refractivity contribution in [3.05, 3.63) is 40.9 Å². The van der Waals surface area contributed by atoms with Crippen molar-refractivity contribution in [3.8, 4) is 0 Å². The van der Waals surface area contributed by atoms with Gasteiger partial charge in [0.25, 0.3) is 5.91 Å². The molecule has 24 heavy (non-hydrogen) atoms. The highest BCUT2D eigenvalue weighted by Gasteiger charge is 2.23. The van der Waals surface area contributed by atoms with E-state index >= 15 is 0 Å². The standard InChI is InChI=1S/C17H22N4O2S/c1-12-15(13(2)23-19-12)11-24-16-14(5-4-6-18-16)17(22)21-9-7-20(3)8-10-21/h4-6H,7-11H2,1-3H3. The van der Waals surface area contributed by atoms with Gasteiger partial charge >= 0.3 is 0 Å². The highest BCUT2D eigenvalue weighted by molar-refractivity contribution is 7.98. The molecule has 0 N–H and O–H groups in total. The van der Waals surface area contributed by atoms with Crippen molar-refractivity contribution in [1.82, 2.24) is 19.9 Å². The molecule has 128 valence electrons. The van der Waals surface area contributed by atoms with E-state index in [0.717, 1.165) is 48.2 Å². The molecule has 2 aromatic rings. The topological polar surface area (TPSA) is 62.5 Å². The van der Waals surface area contributed by atoms with E-state index < -0.39 is 0 Å². The Kier molecular flexibility index (Phi) is 5.20. The highest BCUT2D eigenvalue weighted by Crippen LogP contribution is 2.28. The molecule has 7 heteroatoms. The average Bonchev–Trinajstić information content (AvgIpc) is 2.91. The number of hydrogen-bond donors (Lipinski definition) is 0. The maximum Gasteiger partial charge on any atom is 0.256 e. The minimum Gasteiger partial charge on any atom is -0.361 e. The van der Waals surface area contributed by atoms with E-state index in [2.05, 4.69) is 22.1 Å². The van der Waals surface area contributed by atoms with Gasteiger partial charge in [-0.05, 0) is 33.0 Å². The predicted molar refractivity (Wildman–Crippen MR) is 93.2 cm³/mol. The molecule has 1 aliphatic rings. The van der Waals surface area contributed by atoms with Crippen LogP contribution in [-0.4, -0.2) is 59.1 Å². The third kappa shape index (κ3) is 3.62. The van der Waals surface area contributed by atoms with Crippen LogP contribution in [0.15, 0.2) is 27.9 Å². The van der Waals surface area contributed by atoms with Crippen LogP contribution in [0.3, 0.4) is 0 Å². The largest absolute Gasteiger partial charge is 0.361 e. The van der Waals surface area contributed by atoms with Crippen molar-refractivity contribution in [2.45, 2.75) is 24.6 Å². The average molecular weight is 346 g/mol. The van der Waals surface area contributed by atoms with Crippen LogP contribution in [0.25, 0.3) is 0 Å². The van der Waals surface area contributed by atoms with Gasteiger partial charge in [0.15, 0.2) is 0 Å². The zero-order chi connectivity index (χ0) is 17.1. The summed E-state index contributed by atoms with van der Waals surface area (Å²) in [5, 5.41) is 4.74. The molecule has 0 atom stereocenters. The monoisotopic (exact) mass is 346 g/mol. The number of amides is 1. The first kappa shape index (κ1) is 17.0. The zero-order valence-electron chi connectivity index (χ0n) is 14.3. The molecule has 1 amide bonds. The molecule has 3 heterocycles. The molecule has 3 rings (SSSR count). The maximum atomic E-state index is 12.8. The zero-order valence-corrected chi connectivity index (χ0v) is 15.1. The van der Waals surface area contributed by atoms with E-state index in [4.69, 9.17) is 4.52 Å². The first-order chi connectivity index (χ1) is 11.6. The molecular weight excluding hydrogens is 324 g/mol. The number of carbonyl (C=O) groups excluding carboxylic acids is 1. The van der Waals surface area contributed by atoms with Crippen molar-refractivity contribution < 1.29 is 9.32 Å². The molecule has 1 saturated heterocycles. The van der Waals surface area contributed by atoms with E-state index in [0.29, 0.717) is 11.3 Å². The summed E-state index contributed by atoms with van der Waals surface area (Å²) in [7, 11) is 2.08. The van der Waals surface area contributed by atoms with Crippen LogP contribution >= 0.6 is 11.8 Å². The second kappa shape index (κ2) is 7.36. The van der Waals surface area contributed by atoms with Gasteiger partial charge in [0.2, 0.25) is 0 Å². The molecule has 0 aromatic carbocycles. The lowest BCUT2D eigenvalue weighted by Gasteiger charge is -2.32. The number of aromatic nitrogens is 2. The Balaban J connectivity index is 1.74. The third-order valence-corrected chi connectivity index (χ3v) is 5.36. The summed E-state index contributed by atoms with van der Waals surface area (Å²) in [6, 6.07) is 3.69. The van der Waals surface area contributed by atoms with Gasteiger partial charge in [0.05, 0.1) is 11.3 Å². The summed E-state index contributed by atoms with van der Waals surface area (Å²) in [6.45, 7) is 7.18. The number of hydrogen-bond acceptors (Lipinski definition) is 6. The van der Waals surface area contributed by atoms with Crippen molar-refractivity contribution in [3.63, 3.8) is 0 Å². The number of thioether (sulfide) groups is 1. The summed E-state index contributed by atoms with van der Waals surface area (Å²) in [5.74, 6) is 1.58. The second-order valence-electron chi connectivity index (χ2n) is 6.04. The Labute approximate surface area is 146 Å². The molecule has 1 fully saturated rings. The van der Waals surface area contributed by atoms with Gasteiger partial charge in [-0.3, -0.25) is 4.79 Å². The van der Waals surface area contributed by atoms with E-state index in [-0.39, 0.29) is 5.91 Å². The molecule has 1 aliphatic heterocycles. The van der Waals surface area contributed by atoms with Gasteiger partial charge in [-0.2, -0.15) is 0 Å². The minimum atomic E-state index is 0.0671. The van der Waals surface area contributed by atoms with Gasteiger partial charge in [-0.15, -0.1) is 11.8 Å². The molecule has 0 aliphatic carbocycles. The smallest absolute Gasteiger partial charge is 0.256 e. The first-order valence-corrected chi connectivity index (χ1v) is 9.02. The normalized spacial score (nSPS) is 15.7. The quantitative estimate of drug-likeness (QED) is 0.792. The molecule has 0 bridgehead atoms. The minimum absolute atomic E-state index is 0.0671. The van der Waals surface area contributed by atoms with Crippen LogP contribution in [0.2, 0.25) is 0 Å². The van der Waals surface area contributed by atoms with Crippen molar-refractivity contribution in [2.24, 2.45) is 0 Å². The molecule has 6 nitrogen and oxygen atoms in total.